The summed E-state index contributed by atoms with van der Waals surface area (Å²) < 4.78 is 0. The first-order valence-corrected chi connectivity index (χ1v) is 8.79. The molecule has 0 aromatic carbocycles. The van der Waals surface area contributed by atoms with Crippen molar-refractivity contribution in [1.82, 2.24) is 10.2 Å². The summed E-state index contributed by atoms with van der Waals surface area (Å²) in [5, 5.41) is 22.1. The second-order valence-corrected chi connectivity index (χ2v) is 6.89. The molecule has 0 amide bonds. The molecule has 0 aromatic rings. The van der Waals surface area contributed by atoms with Gasteiger partial charge in [0.15, 0.2) is 0 Å². The van der Waals surface area contributed by atoms with E-state index in [1.807, 2.05) is 0 Å². The number of hydrogen-bond acceptors (Lipinski definition) is 4. The van der Waals surface area contributed by atoms with Crippen molar-refractivity contribution in [1.29, 1.82) is 0 Å². The summed E-state index contributed by atoms with van der Waals surface area (Å²) in [6, 6.07) is 0.597. The zero-order chi connectivity index (χ0) is 15.7. The Bertz CT molecular complexity index is 255. The van der Waals surface area contributed by atoms with Gasteiger partial charge >= 0.3 is 0 Å². The number of aliphatic hydroxyl groups excluding tert-OH is 2. The molecule has 1 aliphatic carbocycles. The summed E-state index contributed by atoms with van der Waals surface area (Å²) in [4.78, 5) is 2.22. The predicted molar refractivity (Wildman–Crippen MR) is 88.4 cm³/mol. The lowest BCUT2D eigenvalue weighted by Gasteiger charge is -2.40. The van der Waals surface area contributed by atoms with Crippen molar-refractivity contribution in [2.24, 2.45) is 17.8 Å². The normalized spacial score (nSPS) is 26.7. The first kappa shape index (κ1) is 18.9. The first-order valence-electron chi connectivity index (χ1n) is 8.79. The van der Waals surface area contributed by atoms with Crippen LogP contribution in [0.4, 0.5) is 0 Å². The van der Waals surface area contributed by atoms with Crippen molar-refractivity contribution in [3.63, 3.8) is 0 Å². The van der Waals surface area contributed by atoms with E-state index in [0.717, 1.165) is 24.9 Å². The number of hydrogen-bond donors (Lipinski definition) is 3. The summed E-state index contributed by atoms with van der Waals surface area (Å²) in [5.41, 5.74) is 0. The van der Waals surface area contributed by atoms with E-state index >= 15 is 0 Å². The van der Waals surface area contributed by atoms with Gasteiger partial charge < -0.3 is 15.5 Å². The first-order chi connectivity index (χ1) is 10.1. The van der Waals surface area contributed by atoms with Crippen molar-refractivity contribution in [2.45, 2.75) is 52.5 Å². The maximum Gasteiger partial charge on any atom is 0.0558 e. The van der Waals surface area contributed by atoms with Crippen LogP contribution >= 0.6 is 0 Å². The van der Waals surface area contributed by atoms with Crippen LogP contribution in [0.5, 0.6) is 0 Å². The van der Waals surface area contributed by atoms with E-state index in [9.17, 15) is 10.2 Å². The molecular formula is C17H36N2O2. The summed E-state index contributed by atoms with van der Waals surface area (Å²) in [6.07, 6.45) is 5.04. The number of nitrogens with one attached hydrogen (secondary N) is 1. The van der Waals surface area contributed by atoms with Crippen LogP contribution in [0.25, 0.3) is 0 Å². The quantitative estimate of drug-likeness (QED) is 0.575. The van der Waals surface area contributed by atoms with Crippen LogP contribution in [0.3, 0.4) is 0 Å². The summed E-state index contributed by atoms with van der Waals surface area (Å²) in [5.74, 6) is 2.21. The van der Waals surface area contributed by atoms with Gasteiger partial charge in [-0.05, 0) is 50.0 Å². The Labute approximate surface area is 130 Å². The molecule has 0 radical (unpaired) electrons. The number of nitrogens with zero attached hydrogens (tertiary/aromatic N) is 1. The highest BCUT2D eigenvalue weighted by Crippen LogP contribution is 2.34. The molecule has 1 saturated carbocycles. The van der Waals surface area contributed by atoms with E-state index in [0.29, 0.717) is 25.0 Å². The molecular weight excluding hydrogens is 264 g/mol. The van der Waals surface area contributed by atoms with E-state index in [-0.39, 0.29) is 13.2 Å². The molecule has 21 heavy (non-hydrogen) atoms. The second-order valence-electron chi connectivity index (χ2n) is 6.89. The molecule has 4 heteroatoms. The molecule has 0 spiro atoms. The Morgan fingerprint density at radius 3 is 2.33 bits per heavy atom. The van der Waals surface area contributed by atoms with Gasteiger partial charge in [0, 0.05) is 25.7 Å². The molecule has 0 heterocycles. The topological polar surface area (TPSA) is 55.7 Å². The zero-order valence-corrected chi connectivity index (χ0v) is 14.2. The highest BCUT2D eigenvalue weighted by molar-refractivity contribution is 4.87. The lowest BCUT2D eigenvalue weighted by Crippen LogP contribution is -2.47. The molecule has 0 aliphatic heterocycles. The predicted octanol–water partition coefficient (Wildman–Crippen LogP) is 1.71. The second kappa shape index (κ2) is 10.5. The monoisotopic (exact) mass is 300 g/mol. The zero-order valence-electron chi connectivity index (χ0n) is 14.2. The molecule has 0 aromatic heterocycles. The highest BCUT2D eigenvalue weighted by Gasteiger charge is 2.32. The van der Waals surface area contributed by atoms with E-state index in [1.54, 1.807) is 0 Å². The number of aliphatic hydroxyl groups is 2. The van der Waals surface area contributed by atoms with E-state index in [2.05, 4.69) is 31.0 Å². The van der Waals surface area contributed by atoms with Gasteiger partial charge in [-0.2, -0.15) is 0 Å². The fraction of sp³-hybridized carbons (Fsp3) is 1.00. The summed E-state index contributed by atoms with van der Waals surface area (Å²) >= 11 is 0. The standard InChI is InChI=1S/C17H36N2O2/c1-4-7-18-17-6-5-15(14(2)3)12-16(17)13-19(8-10-20)9-11-21/h14-18,20-21H,4-13H2,1-3H3. The van der Waals surface area contributed by atoms with Gasteiger partial charge in [0.05, 0.1) is 13.2 Å². The largest absolute Gasteiger partial charge is 0.395 e. The van der Waals surface area contributed by atoms with Gasteiger partial charge in [-0.25, -0.2) is 0 Å². The lowest BCUT2D eigenvalue weighted by atomic mass is 9.73. The van der Waals surface area contributed by atoms with Gasteiger partial charge in [-0.3, -0.25) is 4.90 Å². The van der Waals surface area contributed by atoms with Gasteiger partial charge in [-0.1, -0.05) is 20.8 Å². The molecule has 1 aliphatic rings. The lowest BCUT2D eigenvalue weighted by molar-refractivity contribution is 0.0964. The van der Waals surface area contributed by atoms with Crippen molar-refractivity contribution in [2.75, 3.05) is 39.4 Å². The molecule has 3 N–H and O–H groups in total. The van der Waals surface area contributed by atoms with Gasteiger partial charge in [-0.15, -0.1) is 0 Å². The number of rotatable bonds is 10. The maximum absolute atomic E-state index is 9.20. The molecule has 0 saturated heterocycles. The van der Waals surface area contributed by atoms with Crippen LogP contribution in [0.2, 0.25) is 0 Å². The van der Waals surface area contributed by atoms with Crippen LogP contribution in [0, 0.1) is 17.8 Å². The fourth-order valence-electron chi connectivity index (χ4n) is 3.61. The van der Waals surface area contributed by atoms with Crippen molar-refractivity contribution in [3.8, 4) is 0 Å². The third-order valence-electron chi connectivity index (χ3n) is 4.95. The Morgan fingerprint density at radius 1 is 1.14 bits per heavy atom. The van der Waals surface area contributed by atoms with E-state index in [4.69, 9.17) is 0 Å². The van der Waals surface area contributed by atoms with Gasteiger partial charge in [0.25, 0.3) is 0 Å². The van der Waals surface area contributed by atoms with Crippen LogP contribution < -0.4 is 5.32 Å². The van der Waals surface area contributed by atoms with Crippen molar-refractivity contribution in [3.05, 3.63) is 0 Å². The molecule has 4 nitrogen and oxygen atoms in total. The van der Waals surface area contributed by atoms with E-state index < -0.39 is 0 Å². The van der Waals surface area contributed by atoms with E-state index in [1.165, 1.54) is 25.7 Å². The third-order valence-corrected chi connectivity index (χ3v) is 4.95. The maximum atomic E-state index is 9.20. The fourth-order valence-corrected chi connectivity index (χ4v) is 3.61. The van der Waals surface area contributed by atoms with Crippen LogP contribution in [0.1, 0.15) is 46.5 Å². The molecule has 1 fully saturated rings. The molecule has 126 valence electrons. The minimum absolute atomic E-state index is 0.174. The van der Waals surface area contributed by atoms with Crippen molar-refractivity contribution < 1.29 is 10.2 Å². The third kappa shape index (κ3) is 6.64. The van der Waals surface area contributed by atoms with Crippen LogP contribution in [0.15, 0.2) is 0 Å². The van der Waals surface area contributed by atoms with Gasteiger partial charge in [0.1, 0.15) is 0 Å². The molecule has 1 rings (SSSR count). The van der Waals surface area contributed by atoms with Crippen LogP contribution in [-0.4, -0.2) is 60.5 Å². The SMILES string of the molecule is CCCNC1CCC(C(C)C)CC1CN(CCO)CCO. The average Bonchev–Trinajstić information content (AvgIpc) is 2.46. The Hall–Kier alpha value is -0.160. The van der Waals surface area contributed by atoms with Crippen LogP contribution in [-0.2, 0) is 0 Å². The van der Waals surface area contributed by atoms with Gasteiger partial charge in [0.2, 0.25) is 0 Å². The van der Waals surface area contributed by atoms with Crippen molar-refractivity contribution >= 4 is 0 Å². The molecule has 3 atom stereocenters. The Kier molecular flexibility index (Phi) is 9.49. The molecule has 3 unspecified atom stereocenters. The summed E-state index contributed by atoms with van der Waals surface area (Å²) in [6.45, 7) is 10.7. The minimum atomic E-state index is 0.174. The summed E-state index contributed by atoms with van der Waals surface area (Å²) in [7, 11) is 0. The highest BCUT2D eigenvalue weighted by atomic mass is 16.3. The Balaban J connectivity index is 2.62. The Morgan fingerprint density at radius 2 is 1.81 bits per heavy atom. The smallest absolute Gasteiger partial charge is 0.0558 e. The molecule has 0 bridgehead atoms. The minimum Gasteiger partial charge on any atom is -0.395 e. The average molecular weight is 300 g/mol.